The van der Waals surface area contributed by atoms with E-state index in [0.29, 0.717) is 23.0 Å². The van der Waals surface area contributed by atoms with E-state index in [2.05, 4.69) is 15.5 Å². The van der Waals surface area contributed by atoms with Gasteiger partial charge in [-0.1, -0.05) is 37.1 Å². The number of halogens is 3. The highest BCUT2D eigenvalue weighted by Crippen LogP contribution is 2.38. The van der Waals surface area contributed by atoms with Crippen LogP contribution in [0.4, 0.5) is 19.0 Å². The summed E-state index contributed by atoms with van der Waals surface area (Å²) in [7, 11) is 0. The minimum absolute atomic E-state index is 0.0305. The highest BCUT2D eigenvalue weighted by molar-refractivity contribution is 6.00. The maximum atomic E-state index is 12.9. The van der Waals surface area contributed by atoms with Gasteiger partial charge in [0.15, 0.2) is 5.82 Å². The molecule has 2 atom stereocenters. The number of benzene rings is 2. The lowest BCUT2D eigenvalue weighted by atomic mass is 9.91. The van der Waals surface area contributed by atoms with Gasteiger partial charge in [0, 0.05) is 28.4 Å². The van der Waals surface area contributed by atoms with Gasteiger partial charge in [-0.15, -0.1) is 10.2 Å². The molecule has 5 nitrogen and oxygen atoms in total. The highest BCUT2D eigenvalue weighted by Gasteiger charge is 2.31. The van der Waals surface area contributed by atoms with Crippen LogP contribution in [0.15, 0.2) is 42.5 Å². The molecule has 0 aliphatic heterocycles. The second kappa shape index (κ2) is 7.51. The molecule has 0 radical (unpaired) electrons. The molecule has 0 amide bonds. The topological polar surface area (TPSA) is 84.1 Å². The van der Waals surface area contributed by atoms with Crippen LogP contribution in [0.2, 0.25) is 0 Å². The number of nitrogens with one attached hydrogen (secondary N) is 1. The third-order valence-electron chi connectivity index (χ3n) is 5.41. The molecule has 0 bridgehead atoms. The van der Waals surface area contributed by atoms with Gasteiger partial charge < -0.3 is 16.2 Å². The summed E-state index contributed by atoms with van der Waals surface area (Å²) in [6.45, 7) is 0. The number of nitrogens with two attached hydrogens (primary N) is 1. The largest absolute Gasteiger partial charge is 0.507 e. The van der Waals surface area contributed by atoms with Crippen LogP contribution in [0.25, 0.3) is 22.0 Å². The van der Waals surface area contributed by atoms with Crippen LogP contribution < -0.4 is 11.1 Å². The predicted molar refractivity (Wildman–Crippen MR) is 105 cm³/mol. The predicted octanol–water partition coefficient (Wildman–Crippen LogP) is 4.70. The number of phenolic OH excluding ortho intramolecular Hbond substituents is 1. The molecular formula is C21H21F3N4O. The first kappa shape index (κ1) is 19.4. The lowest BCUT2D eigenvalue weighted by molar-refractivity contribution is -0.137. The maximum absolute atomic E-state index is 12.9. The Morgan fingerprint density at radius 1 is 1.00 bits per heavy atom. The van der Waals surface area contributed by atoms with Gasteiger partial charge in [-0.3, -0.25) is 0 Å². The fourth-order valence-electron chi connectivity index (χ4n) is 3.83. The van der Waals surface area contributed by atoms with Crippen molar-refractivity contribution < 1.29 is 18.3 Å². The third kappa shape index (κ3) is 3.85. The molecule has 1 aliphatic carbocycles. The summed E-state index contributed by atoms with van der Waals surface area (Å²) < 4.78 is 38.7. The van der Waals surface area contributed by atoms with Gasteiger partial charge in [0.1, 0.15) is 11.4 Å². The first-order valence-corrected chi connectivity index (χ1v) is 9.52. The van der Waals surface area contributed by atoms with Crippen molar-refractivity contribution in [3.8, 4) is 17.0 Å². The summed E-state index contributed by atoms with van der Waals surface area (Å²) >= 11 is 0. The lowest BCUT2D eigenvalue weighted by Gasteiger charge is -2.30. The SMILES string of the molecule is N[C@@H]1CCCC[C@H]1Nc1nnc(-c2ccc(C(F)(F)F)cc2O)c2ccccc12. The molecule has 0 unspecified atom stereocenters. The summed E-state index contributed by atoms with van der Waals surface area (Å²) in [5.74, 6) is 0.0902. The first-order chi connectivity index (χ1) is 13.8. The number of phenols is 1. The Morgan fingerprint density at radius 2 is 1.72 bits per heavy atom. The molecule has 3 aromatic rings. The number of aromatic nitrogens is 2. The molecular weight excluding hydrogens is 381 g/mol. The fraction of sp³-hybridized carbons (Fsp3) is 0.333. The highest BCUT2D eigenvalue weighted by atomic mass is 19.4. The molecule has 0 spiro atoms. The zero-order valence-corrected chi connectivity index (χ0v) is 15.6. The number of hydrogen-bond donors (Lipinski definition) is 3. The molecule has 152 valence electrons. The molecule has 4 N–H and O–H groups in total. The molecule has 1 fully saturated rings. The number of fused-ring (bicyclic) bond motifs is 1. The number of aromatic hydroxyl groups is 1. The van der Waals surface area contributed by atoms with E-state index < -0.39 is 17.5 Å². The van der Waals surface area contributed by atoms with Gasteiger partial charge in [-0.2, -0.15) is 13.2 Å². The van der Waals surface area contributed by atoms with Gasteiger partial charge >= 0.3 is 6.18 Å². The summed E-state index contributed by atoms with van der Waals surface area (Å²) in [6, 6.07) is 10.3. The second-order valence-electron chi connectivity index (χ2n) is 7.37. The summed E-state index contributed by atoms with van der Waals surface area (Å²) in [5, 5.41) is 23.6. The van der Waals surface area contributed by atoms with E-state index in [0.717, 1.165) is 37.1 Å². The van der Waals surface area contributed by atoms with Crippen molar-refractivity contribution in [2.75, 3.05) is 5.32 Å². The summed E-state index contributed by atoms with van der Waals surface area (Å²) in [6.07, 6.45) is -0.443. The molecule has 8 heteroatoms. The third-order valence-corrected chi connectivity index (χ3v) is 5.41. The van der Waals surface area contributed by atoms with Crippen molar-refractivity contribution in [3.63, 3.8) is 0 Å². The van der Waals surface area contributed by atoms with Crippen LogP contribution in [0.5, 0.6) is 5.75 Å². The Labute approximate surface area is 165 Å². The van der Waals surface area contributed by atoms with Gasteiger partial charge in [-0.05, 0) is 31.0 Å². The Kier molecular flexibility index (Phi) is 5.04. The molecule has 29 heavy (non-hydrogen) atoms. The maximum Gasteiger partial charge on any atom is 0.416 e. The van der Waals surface area contributed by atoms with E-state index in [-0.39, 0.29) is 17.6 Å². The van der Waals surface area contributed by atoms with Crippen LogP contribution in [0.3, 0.4) is 0 Å². The Hall–Kier alpha value is -2.87. The number of hydrogen-bond acceptors (Lipinski definition) is 5. The monoisotopic (exact) mass is 402 g/mol. The second-order valence-corrected chi connectivity index (χ2v) is 7.37. The Balaban J connectivity index is 1.76. The molecule has 1 saturated carbocycles. The molecule has 1 aliphatic rings. The van der Waals surface area contributed by atoms with Crippen molar-refractivity contribution in [1.29, 1.82) is 0 Å². The van der Waals surface area contributed by atoms with Crippen LogP contribution in [-0.2, 0) is 6.18 Å². The van der Waals surface area contributed by atoms with E-state index in [1.165, 1.54) is 6.07 Å². The number of anilines is 1. The average molecular weight is 402 g/mol. The summed E-state index contributed by atoms with van der Waals surface area (Å²) in [5.41, 5.74) is 5.83. The fourth-order valence-corrected chi connectivity index (χ4v) is 3.83. The smallest absolute Gasteiger partial charge is 0.416 e. The van der Waals surface area contributed by atoms with Crippen LogP contribution in [-0.4, -0.2) is 27.4 Å². The number of alkyl halides is 3. The van der Waals surface area contributed by atoms with Gasteiger partial charge in [-0.25, -0.2) is 0 Å². The first-order valence-electron chi connectivity index (χ1n) is 9.52. The Morgan fingerprint density at radius 3 is 2.41 bits per heavy atom. The van der Waals surface area contributed by atoms with Crippen molar-refractivity contribution in [2.45, 2.75) is 43.9 Å². The molecule has 0 saturated heterocycles. The van der Waals surface area contributed by atoms with Crippen molar-refractivity contribution >= 4 is 16.6 Å². The molecule has 1 aromatic heterocycles. The van der Waals surface area contributed by atoms with E-state index in [4.69, 9.17) is 5.73 Å². The number of nitrogens with zero attached hydrogens (tertiary/aromatic N) is 2. The van der Waals surface area contributed by atoms with Crippen LogP contribution in [0, 0.1) is 0 Å². The standard InChI is InChI=1S/C21H21F3N4O/c22-21(23,24)12-9-10-15(18(29)11-12)19-13-5-1-2-6-14(13)20(28-27-19)26-17-8-4-3-7-16(17)25/h1-2,5-6,9-11,16-17,29H,3-4,7-8,25H2,(H,26,28)/t16-,17-/m1/s1. The average Bonchev–Trinajstić information content (AvgIpc) is 2.69. The van der Waals surface area contributed by atoms with Gasteiger partial charge in [0.2, 0.25) is 0 Å². The van der Waals surface area contributed by atoms with Crippen LogP contribution in [0.1, 0.15) is 31.2 Å². The Bertz CT molecular complexity index is 1040. The zero-order valence-electron chi connectivity index (χ0n) is 15.6. The van der Waals surface area contributed by atoms with Crippen LogP contribution >= 0.6 is 0 Å². The van der Waals surface area contributed by atoms with Crippen molar-refractivity contribution in [1.82, 2.24) is 10.2 Å². The van der Waals surface area contributed by atoms with Crippen molar-refractivity contribution in [3.05, 3.63) is 48.0 Å². The zero-order chi connectivity index (χ0) is 20.6. The molecule has 4 rings (SSSR count). The molecule has 2 aromatic carbocycles. The number of rotatable bonds is 3. The minimum Gasteiger partial charge on any atom is -0.507 e. The summed E-state index contributed by atoms with van der Waals surface area (Å²) in [4.78, 5) is 0. The normalized spacial score (nSPS) is 20.0. The minimum atomic E-state index is -4.53. The lowest BCUT2D eigenvalue weighted by Crippen LogP contribution is -2.42. The van der Waals surface area contributed by atoms with E-state index in [1.54, 1.807) is 0 Å². The molecule has 1 heterocycles. The van der Waals surface area contributed by atoms with Crippen molar-refractivity contribution in [2.24, 2.45) is 5.73 Å². The van der Waals surface area contributed by atoms with Gasteiger partial charge in [0.05, 0.1) is 5.56 Å². The van der Waals surface area contributed by atoms with E-state index in [9.17, 15) is 18.3 Å². The van der Waals surface area contributed by atoms with Gasteiger partial charge in [0.25, 0.3) is 0 Å². The van der Waals surface area contributed by atoms with E-state index >= 15 is 0 Å². The quantitative estimate of drug-likeness (QED) is 0.591. The van der Waals surface area contributed by atoms with E-state index in [1.807, 2.05) is 24.3 Å².